The van der Waals surface area contributed by atoms with Crippen LogP contribution < -0.4 is 9.47 Å². The largest absolute Gasteiger partial charge is 0.507 e. The van der Waals surface area contributed by atoms with E-state index in [0.717, 1.165) is 6.54 Å². The third-order valence-corrected chi connectivity index (χ3v) is 6.12. The fraction of sp³-hybridized carbons (Fsp3) is 0.429. The second kappa shape index (κ2) is 12.3. The summed E-state index contributed by atoms with van der Waals surface area (Å²) in [6, 6.07) is 11.4. The van der Waals surface area contributed by atoms with E-state index < -0.39 is 17.7 Å². The van der Waals surface area contributed by atoms with Crippen LogP contribution in [0.1, 0.15) is 44.4 Å². The molecule has 0 saturated carbocycles. The Labute approximate surface area is 218 Å². The van der Waals surface area contributed by atoms with Crippen molar-refractivity contribution in [2.24, 2.45) is 5.92 Å². The fourth-order valence-electron chi connectivity index (χ4n) is 4.12. The number of carbonyl (C=O) groups is 2. The summed E-state index contributed by atoms with van der Waals surface area (Å²) in [4.78, 5) is 30.0. The van der Waals surface area contributed by atoms with Crippen LogP contribution in [0.2, 0.25) is 5.02 Å². The van der Waals surface area contributed by atoms with E-state index in [0.29, 0.717) is 59.7 Å². The van der Waals surface area contributed by atoms with Gasteiger partial charge in [-0.1, -0.05) is 37.6 Å². The number of aliphatic hydroxyl groups is 1. The van der Waals surface area contributed by atoms with Crippen LogP contribution in [0.25, 0.3) is 5.76 Å². The summed E-state index contributed by atoms with van der Waals surface area (Å²) >= 11 is 6.22. The van der Waals surface area contributed by atoms with Gasteiger partial charge in [0.1, 0.15) is 17.3 Å². The third kappa shape index (κ3) is 6.39. The van der Waals surface area contributed by atoms with E-state index in [1.54, 1.807) is 18.2 Å². The van der Waals surface area contributed by atoms with Crippen molar-refractivity contribution in [2.75, 3.05) is 40.4 Å². The molecule has 1 N–H and O–H groups in total. The summed E-state index contributed by atoms with van der Waals surface area (Å²) in [5.74, 6) is -0.236. The lowest BCUT2D eigenvalue weighted by Gasteiger charge is -2.26. The molecule has 1 saturated heterocycles. The second-order valence-electron chi connectivity index (χ2n) is 9.50. The number of hydrogen-bond acceptors (Lipinski definition) is 6. The van der Waals surface area contributed by atoms with Gasteiger partial charge < -0.3 is 24.4 Å². The molecule has 1 unspecified atom stereocenters. The van der Waals surface area contributed by atoms with Gasteiger partial charge in [0.05, 0.1) is 29.9 Å². The first kappa shape index (κ1) is 27.6. The van der Waals surface area contributed by atoms with E-state index in [2.05, 4.69) is 13.8 Å². The molecular weight excluding hydrogens is 480 g/mol. The molecule has 1 amide bonds. The van der Waals surface area contributed by atoms with Crippen molar-refractivity contribution in [3.8, 4) is 11.5 Å². The van der Waals surface area contributed by atoms with Crippen LogP contribution >= 0.6 is 11.6 Å². The quantitative estimate of drug-likeness (QED) is 0.254. The lowest BCUT2D eigenvalue weighted by atomic mass is 9.95. The van der Waals surface area contributed by atoms with Crippen molar-refractivity contribution in [1.82, 2.24) is 9.80 Å². The van der Waals surface area contributed by atoms with Crippen molar-refractivity contribution in [2.45, 2.75) is 33.2 Å². The molecule has 194 valence electrons. The lowest BCUT2D eigenvalue weighted by Crippen LogP contribution is -2.32. The maximum Gasteiger partial charge on any atom is 0.295 e. The minimum absolute atomic E-state index is 0.0376. The Morgan fingerprint density at radius 1 is 1.14 bits per heavy atom. The molecule has 2 aromatic carbocycles. The summed E-state index contributed by atoms with van der Waals surface area (Å²) < 4.78 is 11.5. The minimum Gasteiger partial charge on any atom is -0.507 e. The molecule has 3 rings (SSSR count). The molecule has 36 heavy (non-hydrogen) atoms. The van der Waals surface area contributed by atoms with E-state index in [1.165, 1.54) is 4.90 Å². The van der Waals surface area contributed by atoms with Crippen molar-refractivity contribution < 1.29 is 24.2 Å². The Kier molecular flexibility index (Phi) is 9.40. The molecule has 8 heteroatoms. The predicted molar refractivity (Wildman–Crippen MR) is 142 cm³/mol. The Balaban J connectivity index is 2.10. The summed E-state index contributed by atoms with van der Waals surface area (Å²) in [6.45, 7) is 8.00. The third-order valence-electron chi connectivity index (χ3n) is 5.81. The highest BCUT2D eigenvalue weighted by Gasteiger charge is 2.46. The highest BCUT2D eigenvalue weighted by molar-refractivity contribution is 6.46. The van der Waals surface area contributed by atoms with Gasteiger partial charge in [-0.05, 0) is 75.8 Å². The minimum atomic E-state index is -0.749. The number of halogens is 1. The van der Waals surface area contributed by atoms with E-state index in [-0.39, 0.29) is 11.3 Å². The van der Waals surface area contributed by atoms with Gasteiger partial charge in [-0.15, -0.1) is 0 Å². The first-order valence-electron chi connectivity index (χ1n) is 12.2. The smallest absolute Gasteiger partial charge is 0.295 e. The highest BCUT2D eigenvalue weighted by Crippen LogP contribution is 2.41. The number of amides is 1. The molecule has 0 aromatic heterocycles. The molecule has 1 aliphatic heterocycles. The molecular formula is C28H35ClN2O5. The van der Waals surface area contributed by atoms with Gasteiger partial charge in [0, 0.05) is 12.1 Å². The van der Waals surface area contributed by atoms with E-state index in [1.807, 2.05) is 50.2 Å². The molecule has 0 aliphatic carbocycles. The van der Waals surface area contributed by atoms with Gasteiger partial charge in [0.15, 0.2) is 0 Å². The predicted octanol–water partition coefficient (Wildman–Crippen LogP) is 5.15. The molecule has 1 aliphatic rings. The SMILES string of the molecule is CCOc1cc(/C(O)=C2/C(=O)C(=O)N(CCCN(C)C)C2c2cccc(OCC(C)C)c2)ccc1Cl. The molecule has 1 fully saturated rings. The average Bonchev–Trinajstić information content (AvgIpc) is 3.09. The fourth-order valence-corrected chi connectivity index (χ4v) is 4.30. The summed E-state index contributed by atoms with van der Waals surface area (Å²) in [5.41, 5.74) is 1.09. The van der Waals surface area contributed by atoms with Crippen molar-refractivity contribution in [1.29, 1.82) is 0 Å². The Bertz CT molecular complexity index is 1130. The van der Waals surface area contributed by atoms with Crippen LogP contribution in [0.4, 0.5) is 0 Å². The molecule has 0 bridgehead atoms. The maximum atomic E-state index is 13.3. The number of Topliss-reactive ketones (excluding diaryl/α,β-unsaturated/α-hetero) is 1. The standard InChI is InChI=1S/C28H35ClN2O5/c1-6-35-23-16-20(11-12-22(23)29)26(32)24-25(19-9-7-10-21(15-19)36-17-18(2)3)31(28(34)27(24)33)14-8-13-30(4)5/h7,9-12,15-16,18,25,32H,6,8,13-14,17H2,1-5H3/b26-24-. The van der Waals surface area contributed by atoms with Gasteiger partial charge in [0.2, 0.25) is 0 Å². The lowest BCUT2D eigenvalue weighted by molar-refractivity contribution is -0.139. The van der Waals surface area contributed by atoms with Crippen molar-refractivity contribution in [3.05, 3.63) is 64.2 Å². The normalized spacial score (nSPS) is 17.3. The van der Waals surface area contributed by atoms with Gasteiger partial charge in [-0.25, -0.2) is 0 Å². The zero-order valence-electron chi connectivity index (χ0n) is 21.6. The van der Waals surface area contributed by atoms with Gasteiger partial charge in [-0.2, -0.15) is 0 Å². The van der Waals surface area contributed by atoms with Crippen molar-refractivity contribution >= 4 is 29.1 Å². The van der Waals surface area contributed by atoms with Gasteiger partial charge in [0.25, 0.3) is 11.7 Å². The Morgan fingerprint density at radius 2 is 1.89 bits per heavy atom. The molecule has 0 spiro atoms. The van der Waals surface area contributed by atoms with Crippen LogP contribution in [0.3, 0.4) is 0 Å². The summed E-state index contributed by atoms with van der Waals surface area (Å²) in [5, 5.41) is 11.7. The number of ketones is 1. The number of rotatable bonds is 11. The number of aliphatic hydroxyl groups excluding tert-OH is 1. The summed E-state index contributed by atoms with van der Waals surface area (Å²) in [6.07, 6.45) is 0.676. The zero-order chi connectivity index (χ0) is 26.4. The zero-order valence-corrected chi connectivity index (χ0v) is 22.3. The van der Waals surface area contributed by atoms with E-state index in [4.69, 9.17) is 21.1 Å². The monoisotopic (exact) mass is 514 g/mol. The number of benzene rings is 2. The molecule has 2 aromatic rings. The van der Waals surface area contributed by atoms with E-state index >= 15 is 0 Å². The number of likely N-dealkylation sites (tertiary alicyclic amines) is 1. The number of nitrogens with zero attached hydrogens (tertiary/aromatic N) is 2. The van der Waals surface area contributed by atoms with Gasteiger partial charge >= 0.3 is 0 Å². The molecule has 7 nitrogen and oxygen atoms in total. The Hall–Kier alpha value is -3.03. The summed E-state index contributed by atoms with van der Waals surface area (Å²) in [7, 11) is 3.91. The van der Waals surface area contributed by atoms with Crippen LogP contribution in [0.15, 0.2) is 48.0 Å². The topological polar surface area (TPSA) is 79.3 Å². The molecule has 0 radical (unpaired) electrons. The average molecular weight is 515 g/mol. The number of ether oxygens (including phenoxy) is 2. The maximum absolute atomic E-state index is 13.3. The number of hydrogen-bond donors (Lipinski definition) is 1. The van der Waals surface area contributed by atoms with Crippen LogP contribution in [-0.4, -0.2) is 67.0 Å². The number of carbonyl (C=O) groups excluding carboxylic acids is 2. The van der Waals surface area contributed by atoms with Crippen LogP contribution in [0, 0.1) is 5.92 Å². The first-order valence-corrected chi connectivity index (χ1v) is 12.6. The van der Waals surface area contributed by atoms with Crippen LogP contribution in [-0.2, 0) is 9.59 Å². The highest BCUT2D eigenvalue weighted by atomic mass is 35.5. The van der Waals surface area contributed by atoms with Crippen molar-refractivity contribution in [3.63, 3.8) is 0 Å². The molecule has 1 heterocycles. The Morgan fingerprint density at radius 3 is 2.56 bits per heavy atom. The first-order chi connectivity index (χ1) is 17.1. The van der Waals surface area contributed by atoms with Gasteiger partial charge in [-0.3, -0.25) is 9.59 Å². The second-order valence-corrected chi connectivity index (χ2v) is 9.91. The van der Waals surface area contributed by atoms with E-state index in [9.17, 15) is 14.7 Å². The molecule has 1 atom stereocenters. The van der Waals surface area contributed by atoms with Crippen LogP contribution in [0.5, 0.6) is 11.5 Å².